The fourth-order valence-corrected chi connectivity index (χ4v) is 3.32. The second-order valence-electron chi connectivity index (χ2n) is 7.03. The molecule has 0 bridgehead atoms. The molecule has 2 aromatic carbocycles. The summed E-state index contributed by atoms with van der Waals surface area (Å²) in [6, 6.07) is 8.93. The number of rotatable bonds is 8. The maximum absolute atomic E-state index is 14.5. The van der Waals surface area contributed by atoms with E-state index in [0.29, 0.717) is 27.8 Å². The van der Waals surface area contributed by atoms with Gasteiger partial charge in [-0.25, -0.2) is 8.78 Å². The van der Waals surface area contributed by atoms with Crippen molar-refractivity contribution in [1.82, 2.24) is 9.88 Å². The molecule has 154 valence electrons. The van der Waals surface area contributed by atoms with Gasteiger partial charge in [0.15, 0.2) is 5.88 Å². The molecule has 1 atom stereocenters. The van der Waals surface area contributed by atoms with Crippen LogP contribution in [-0.4, -0.2) is 46.9 Å². The standard InChI is InChI=1S/C22H26F2N4O/c1-4-28(5-2)13-14(3)26-21-9-7-16(11-19(21)24)25-12-18-17-10-15(23)6-8-20(17)27-22(18)29/h6-12,14,26-27,29H,4-5,13H2,1-3H3. The van der Waals surface area contributed by atoms with Crippen molar-refractivity contribution in [3.8, 4) is 5.88 Å². The van der Waals surface area contributed by atoms with E-state index >= 15 is 0 Å². The molecule has 29 heavy (non-hydrogen) atoms. The van der Waals surface area contributed by atoms with Gasteiger partial charge in [-0.2, -0.15) is 0 Å². The summed E-state index contributed by atoms with van der Waals surface area (Å²) in [6.45, 7) is 8.94. The third-order valence-corrected chi connectivity index (χ3v) is 4.90. The molecule has 1 heterocycles. The second kappa shape index (κ2) is 9.05. The Labute approximate surface area is 169 Å². The maximum Gasteiger partial charge on any atom is 0.198 e. The van der Waals surface area contributed by atoms with Gasteiger partial charge in [0.1, 0.15) is 11.6 Å². The van der Waals surface area contributed by atoms with Gasteiger partial charge in [-0.15, -0.1) is 0 Å². The van der Waals surface area contributed by atoms with Gasteiger partial charge >= 0.3 is 0 Å². The summed E-state index contributed by atoms with van der Waals surface area (Å²) < 4.78 is 28.0. The molecule has 0 saturated carbocycles. The fraction of sp³-hybridized carbons (Fsp3) is 0.318. The molecule has 0 aliphatic heterocycles. The number of aromatic amines is 1. The summed E-state index contributed by atoms with van der Waals surface area (Å²) in [5, 5.41) is 13.8. The van der Waals surface area contributed by atoms with Crippen molar-refractivity contribution in [2.45, 2.75) is 26.8 Å². The van der Waals surface area contributed by atoms with Gasteiger partial charge in [0.2, 0.25) is 0 Å². The Balaban J connectivity index is 1.76. The lowest BCUT2D eigenvalue weighted by atomic mass is 10.2. The summed E-state index contributed by atoms with van der Waals surface area (Å²) in [5.74, 6) is -0.926. The number of benzene rings is 2. The first-order valence-corrected chi connectivity index (χ1v) is 9.74. The highest BCUT2D eigenvalue weighted by Crippen LogP contribution is 2.28. The Bertz CT molecular complexity index is 1010. The highest BCUT2D eigenvalue weighted by molar-refractivity contribution is 6.02. The highest BCUT2D eigenvalue weighted by Gasteiger charge is 2.12. The van der Waals surface area contributed by atoms with Crippen LogP contribution < -0.4 is 5.32 Å². The van der Waals surface area contributed by atoms with E-state index in [9.17, 15) is 13.9 Å². The van der Waals surface area contributed by atoms with Crippen LogP contribution in [0.1, 0.15) is 26.3 Å². The summed E-state index contributed by atoms with van der Waals surface area (Å²) in [6.07, 6.45) is 1.40. The number of fused-ring (bicyclic) bond motifs is 1. The van der Waals surface area contributed by atoms with Gasteiger partial charge in [-0.05, 0) is 50.3 Å². The Kier molecular flexibility index (Phi) is 6.49. The van der Waals surface area contributed by atoms with Crippen molar-refractivity contribution >= 4 is 28.5 Å². The lowest BCUT2D eigenvalue weighted by molar-refractivity contribution is 0.294. The molecule has 0 fully saturated rings. The molecule has 7 heteroatoms. The largest absolute Gasteiger partial charge is 0.494 e. The van der Waals surface area contributed by atoms with Crippen LogP contribution in [0.15, 0.2) is 41.4 Å². The summed E-state index contributed by atoms with van der Waals surface area (Å²) >= 11 is 0. The minimum Gasteiger partial charge on any atom is -0.494 e. The molecular formula is C22H26F2N4O. The number of aromatic hydroxyl groups is 1. The lowest BCUT2D eigenvalue weighted by Crippen LogP contribution is -2.34. The molecular weight excluding hydrogens is 374 g/mol. The van der Waals surface area contributed by atoms with Crippen molar-refractivity contribution in [2.24, 2.45) is 4.99 Å². The van der Waals surface area contributed by atoms with Crippen LogP contribution in [0.4, 0.5) is 20.2 Å². The van der Waals surface area contributed by atoms with Crippen LogP contribution in [0.5, 0.6) is 5.88 Å². The summed E-state index contributed by atoms with van der Waals surface area (Å²) in [5.41, 5.74) is 1.77. The van der Waals surface area contributed by atoms with Crippen LogP contribution in [0, 0.1) is 11.6 Å². The van der Waals surface area contributed by atoms with Crippen LogP contribution in [-0.2, 0) is 0 Å². The normalized spacial score (nSPS) is 12.9. The molecule has 0 aliphatic rings. The average molecular weight is 400 g/mol. The van der Waals surface area contributed by atoms with Gasteiger partial charge in [-0.1, -0.05) is 13.8 Å². The predicted octanol–water partition coefficient (Wildman–Crippen LogP) is 5.04. The minimum absolute atomic E-state index is 0.0943. The fourth-order valence-electron chi connectivity index (χ4n) is 3.32. The first kappa shape index (κ1) is 20.8. The van der Waals surface area contributed by atoms with Gasteiger partial charge < -0.3 is 20.3 Å². The zero-order valence-electron chi connectivity index (χ0n) is 16.8. The molecule has 3 N–H and O–H groups in total. The smallest absolute Gasteiger partial charge is 0.198 e. The van der Waals surface area contributed by atoms with Gasteiger partial charge in [0.25, 0.3) is 0 Å². The highest BCUT2D eigenvalue weighted by atomic mass is 19.1. The van der Waals surface area contributed by atoms with E-state index in [1.807, 2.05) is 6.92 Å². The molecule has 1 unspecified atom stereocenters. The zero-order valence-corrected chi connectivity index (χ0v) is 16.8. The average Bonchev–Trinajstić information content (AvgIpc) is 3.00. The van der Waals surface area contributed by atoms with E-state index in [-0.39, 0.29) is 11.9 Å². The van der Waals surface area contributed by atoms with Gasteiger partial charge in [-0.3, -0.25) is 4.99 Å². The Morgan fingerprint density at radius 2 is 1.93 bits per heavy atom. The molecule has 0 radical (unpaired) electrons. The Hall–Kier alpha value is -2.93. The third-order valence-electron chi connectivity index (χ3n) is 4.90. The van der Waals surface area contributed by atoms with E-state index in [0.717, 1.165) is 19.6 Å². The number of anilines is 1. The maximum atomic E-state index is 14.5. The Morgan fingerprint density at radius 3 is 2.62 bits per heavy atom. The van der Waals surface area contributed by atoms with Crippen molar-refractivity contribution < 1.29 is 13.9 Å². The molecule has 3 aromatic rings. The number of halogens is 2. The number of nitrogens with zero attached hydrogens (tertiary/aromatic N) is 2. The van der Waals surface area contributed by atoms with Crippen LogP contribution in [0.3, 0.4) is 0 Å². The number of aliphatic imine (C=N–C) groups is 1. The van der Waals surface area contributed by atoms with Crippen molar-refractivity contribution in [3.05, 3.63) is 53.6 Å². The predicted molar refractivity (Wildman–Crippen MR) is 114 cm³/mol. The summed E-state index contributed by atoms with van der Waals surface area (Å²) in [4.78, 5) is 9.28. The van der Waals surface area contributed by atoms with Crippen LogP contribution >= 0.6 is 0 Å². The number of hydrogen-bond donors (Lipinski definition) is 3. The van der Waals surface area contributed by atoms with Gasteiger partial charge in [0, 0.05) is 35.8 Å². The van der Waals surface area contributed by atoms with E-state index in [2.05, 4.69) is 34.0 Å². The molecule has 0 aliphatic carbocycles. The number of likely N-dealkylation sites (N-methyl/N-ethyl adjacent to an activating group) is 1. The quantitative estimate of drug-likeness (QED) is 0.464. The third kappa shape index (κ3) is 4.92. The van der Waals surface area contributed by atoms with Crippen molar-refractivity contribution in [3.63, 3.8) is 0 Å². The molecule has 5 nitrogen and oxygen atoms in total. The molecule has 1 aromatic heterocycles. The molecule has 0 saturated heterocycles. The number of aromatic nitrogens is 1. The SMILES string of the molecule is CCN(CC)CC(C)Nc1ccc(N=Cc2c(O)[nH]c3ccc(F)cc23)cc1F. The number of H-pyrrole nitrogens is 1. The van der Waals surface area contributed by atoms with Crippen LogP contribution in [0.2, 0.25) is 0 Å². The zero-order chi connectivity index (χ0) is 21.0. The molecule has 0 amide bonds. The van der Waals surface area contributed by atoms with Crippen LogP contribution in [0.25, 0.3) is 10.9 Å². The Morgan fingerprint density at radius 1 is 1.17 bits per heavy atom. The van der Waals surface area contributed by atoms with Gasteiger partial charge in [0.05, 0.1) is 16.9 Å². The lowest BCUT2D eigenvalue weighted by Gasteiger charge is -2.24. The van der Waals surface area contributed by atoms with Crippen molar-refractivity contribution in [1.29, 1.82) is 0 Å². The van der Waals surface area contributed by atoms with E-state index < -0.39 is 11.6 Å². The monoisotopic (exact) mass is 400 g/mol. The van der Waals surface area contributed by atoms with Crippen molar-refractivity contribution in [2.75, 3.05) is 25.0 Å². The van der Waals surface area contributed by atoms with E-state index in [1.54, 1.807) is 18.2 Å². The molecule has 3 rings (SSSR count). The molecule has 0 spiro atoms. The topological polar surface area (TPSA) is 63.6 Å². The van der Waals surface area contributed by atoms with E-state index in [1.165, 1.54) is 24.4 Å². The first-order valence-electron chi connectivity index (χ1n) is 9.74. The number of nitrogens with one attached hydrogen (secondary N) is 2. The van der Waals surface area contributed by atoms with E-state index in [4.69, 9.17) is 0 Å². The number of hydrogen-bond acceptors (Lipinski definition) is 4. The minimum atomic E-state index is -0.411. The second-order valence-corrected chi connectivity index (χ2v) is 7.03. The summed E-state index contributed by atoms with van der Waals surface area (Å²) in [7, 11) is 0. The first-order chi connectivity index (χ1) is 13.9.